The number of fused-ring (bicyclic) bond motifs is 2. The number of sulfonamides is 1. The number of hydrogen-bond donors (Lipinski definition) is 0. The van der Waals surface area contributed by atoms with Crippen molar-refractivity contribution in [1.82, 2.24) is 14.2 Å². The molecule has 32 heavy (non-hydrogen) atoms. The van der Waals surface area contributed by atoms with Gasteiger partial charge in [0.1, 0.15) is 5.52 Å². The van der Waals surface area contributed by atoms with Gasteiger partial charge in [0, 0.05) is 38.3 Å². The SMILES string of the molecule is O=C(C=Cc1nc2ccccc2o1)N1CCN(S(=O)(=O)c2ccc3c(c2)CCCC3)CC1. The first-order chi connectivity index (χ1) is 15.5. The number of aryl methyl sites for hydroxylation is 2. The third-order valence-corrected chi connectivity index (χ3v) is 8.08. The van der Waals surface area contributed by atoms with E-state index in [2.05, 4.69) is 4.98 Å². The smallest absolute Gasteiger partial charge is 0.246 e. The van der Waals surface area contributed by atoms with Crippen LogP contribution in [0.15, 0.2) is 57.9 Å². The van der Waals surface area contributed by atoms with E-state index in [1.54, 1.807) is 17.0 Å². The second-order valence-corrected chi connectivity index (χ2v) is 10.2. The van der Waals surface area contributed by atoms with Gasteiger partial charge in [-0.2, -0.15) is 4.31 Å². The number of carbonyl (C=O) groups is 1. The van der Waals surface area contributed by atoms with Crippen molar-refractivity contribution in [1.29, 1.82) is 0 Å². The molecule has 1 aliphatic carbocycles. The van der Waals surface area contributed by atoms with Crippen LogP contribution in [-0.4, -0.2) is 54.7 Å². The minimum absolute atomic E-state index is 0.182. The number of piperazine rings is 1. The first-order valence-electron chi connectivity index (χ1n) is 11.0. The van der Waals surface area contributed by atoms with E-state index in [1.807, 2.05) is 36.4 Å². The van der Waals surface area contributed by atoms with E-state index in [9.17, 15) is 13.2 Å². The Morgan fingerprint density at radius 2 is 1.72 bits per heavy atom. The molecule has 0 radical (unpaired) electrons. The van der Waals surface area contributed by atoms with Crippen molar-refractivity contribution in [3.8, 4) is 0 Å². The Morgan fingerprint density at radius 3 is 2.50 bits per heavy atom. The highest BCUT2D eigenvalue weighted by molar-refractivity contribution is 7.89. The normalized spacial score (nSPS) is 17.7. The number of oxazole rings is 1. The summed E-state index contributed by atoms with van der Waals surface area (Å²) >= 11 is 0. The lowest BCUT2D eigenvalue weighted by molar-refractivity contribution is -0.127. The van der Waals surface area contributed by atoms with Crippen LogP contribution in [0.2, 0.25) is 0 Å². The van der Waals surface area contributed by atoms with Crippen molar-refractivity contribution >= 4 is 33.1 Å². The van der Waals surface area contributed by atoms with E-state index in [0.717, 1.165) is 36.8 Å². The third-order valence-electron chi connectivity index (χ3n) is 6.19. The van der Waals surface area contributed by atoms with Gasteiger partial charge in [0.2, 0.25) is 21.8 Å². The van der Waals surface area contributed by atoms with Gasteiger partial charge in [-0.25, -0.2) is 13.4 Å². The molecular formula is C24H25N3O4S. The molecule has 7 nitrogen and oxygen atoms in total. The molecule has 0 bridgehead atoms. The molecule has 3 aromatic rings. The van der Waals surface area contributed by atoms with Crippen LogP contribution in [0.25, 0.3) is 17.2 Å². The predicted octanol–water partition coefficient (Wildman–Crippen LogP) is 3.25. The fourth-order valence-corrected chi connectivity index (χ4v) is 5.85. The Labute approximate surface area is 187 Å². The first kappa shape index (κ1) is 20.9. The van der Waals surface area contributed by atoms with Gasteiger partial charge in [-0.1, -0.05) is 18.2 Å². The largest absolute Gasteiger partial charge is 0.437 e. The molecule has 1 amide bonds. The Kier molecular flexibility index (Phi) is 5.57. The van der Waals surface area contributed by atoms with Gasteiger partial charge >= 0.3 is 0 Å². The molecule has 1 fully saturated rings. The van der Waals surface area contributed by atoms with E-state index in [1.165, 1.54) is 15.9 Å². The molecule has 8 heteroatoms. The topological polar surface area (TPSA) is 83.7 Å². The van der Waals surface area contributed by atoms with Gasteiger partial charge in [0.25, 0.3) is 0 Å². The molecule has 2 aromatic carbocycles. The van der Waals surface area contributed by atoms with Crippen LogP contribution in [0.5, 0.6) is 0 Å². The van der Waals surface area contributed by atoms with Gasteiger partial charge in [0.15, 0.2) is 5.58 Å². The van der Waals surface area contributed by atoms with E-state index >= 15 is 0 Å². The lowest BCUT2D eigenvalue weighted by Crippen LogP contribution is -2.50. The third kappa shape index (κ3) is 4.08. The maximum atomic E-state index is 13.1. The van der Waals surface area contributed by atoms with Crippen molar-refractivity contribution in [2.45, 2.75) is 30.6 Å². The Balaban J connectivity index is 1.22. The van der Waals surface area contributed by atoms with Crippen LogP contribution in [0.1, 0.15) is 29.9 Å². The first-order valence-corrected chi connectivity index (χ1v) is 12.4. The number of hydrogen-bond acceptors (Lipinski definition) is 5. The summed E-state index contributed by atoms with van der Waals surface area (Å²) in [6.45, 7) is 1.26. The monoisotopic (exact) mass is 451 g/mol. The van der Waals surface area contributed by atoms with Crippen LogP contribution in [0.4, 0.5) is 0 Å². The van der Waals surface area contributed by atoms with Gasteiger partial charge in [-0.05, 0) is 61.1 Å². The summed E-state index contributed by atoms with van der Waals surface area (Å²) in [6.07, 6.45) is 7.21. The zero-order chi connectivity index (χ0) is 22.1. The van der Waals surface area contributed by atoms with Crippen LogP contribution in [-0.2, 0) is 27.7 Å². The highest BCUT2D eigenvalue weighted by Gasteiger charge is 2.30. The highest BCUT2D eigenvalue weighted by atomic mass is 32.2. The maximum absolute atomic E-state index is 13.1. The molecule has 0 saturated carbocycles. The quantitative estimate of drug-likeness (QED) is 0.569. The van der Waals surface area contributed by atoms with Crippen LogP contribution in [0, 0.1) is 0 Å². The highest BCUT2D eigenvalue weighted by Crippen LogP contribution is 2.26. The summed E-state index contributed by atoms with van der Waals surface area (Å²) < 4.78 is 33.3. The van der Waals surface area contributed by atoms with E-state index in [0.29, 0.717) is 29.5 Å². The molecule has 0 spiro atoms. The molecule has 0 N–H and O–H groups in total. The summed E-state index contributed by atoms with van der Waals surface area (Å²) in [5.74, 6) is 0.186. The van der Waals surface area contributed by atoms with E-state index in [-0.39, 0.29) is 19.0 Å². The van der Waals surface area contributed by atoms with E-state index in [4.69, 9.17) is 4.42 Å². The summed E-state index contributed by atoms with van der Waals surface area (Å²) in [4.78, 5) is 18.9. The van der Waals surface area contributed by atoms with Crippen LogP contribution in [0.3, 0.4) is 0 Å². The fraction of sp³-hybridized carbons (Fsp3) is 0.333. The Bertz CT molecular complexity index is 1250. The van der Waals surface area contributed by atoms with Gasteiger partial charge in [-0.3, -0.25) is 4.79 Å². The summed E-state index contributed by atoms with van der Waals surface area (Å²) in [6, 6.07) is 12.9. The lowest BCUT2D eigenvalue weighted by Gasteiger charge is -2.33. The van der Waals surface area contributed by atoms with Crippen LogP contribution >= 0.6 is 0 Å². The summed E-state index contributed by atoms with van der Waals surface area (Å²) in [7, 11) is -3.56. The molecule has 1 saturated heterocycles. The molecule has 1 aliphatic heterocycles. The lowest BCUT2D eigenvalue weighted by atomic mass is 9.92. The summed E-state index contributed by atoms with van der Waals surface area (Å²) in [5, 5.41) is 0. The zero-order valence-corrected chi connectivity index (χ0v) is 18.6. The number of carbonyl (C=O) groups excluding carboxylic acids is 1. The van der Waals surface area contributed by atoms with Crippen molar-refractivity contribution < 1.29 is 17.6 Å². The van der Waals surface area contributed by atoms with Crippen molar-refractivity contribution in [3.05, 3.63) is 65.6 Å². The molecule has 1 aromatic heterocycles. The average molecular weight is 452 g/mol. The number of rotatable bonds is 4. The second-order valence-electron chi connectivity index (χ2n) is 8.22. The number of aromatic nitrogens is 1. The second kappa shape index (κ2) is 8.52. The molecule has 2 heterocycles. The van der Waals surface area contributed by atoms with E-state index < -0.39 is 10.0 Å². The standard InChI is InChI=1S/C24H25N3O4S/c28-24(12-11-23-25-21-7-3-4-8-22(21)31-23)26-13-15-27(16-14-26)32(29,30)20-10-9-18-5-1-2-6-19(18)17-20/h3-4,7-12,17H,1-2,5-6,13-16H2. The molecule has 0 atom stereocenters. The van der Waals surface area contributed by atoms with Gasteiger partial charge in [-0.15, -0.1) is 0 Å². The number of para-hydroxylation sites is 2. The van der Waals surface area contributed by atoms with Crippen LogP contribution < -0.4 is 0 Å². The minimum atomic E-state index is -3.56. The minimum Gasteiger partial charge on any atom is -0.437 e. The van der Waals surface area contributed by atoms with Crippen molar-refractivity contribution in [2.75, 3.05) is 26.2 Å². The van der Waals surface area contributed by atoms with Gasteiger partial charge in [0.05, 0.1) is 4.90 Å². The molecule has 5 rings (SSSR count). The molecule has 166 valence electrons. The Hall–Kier alpha value is -2.97. The zero-order valence-electron chi connectivity index (χ0n) is 17.7. The molecule has 0 unspecified atom stereocenters. The van der Waals surface area contributed by atoms with Gasteiger partial charge < -0.3 is 9.32 Å². The number of amides is 1. The molecule has 2 aliphatic rings. The maximum Gasteiger partial charge on any atom is 0.246 e. The van der Waals surface area contributed by atoms with Crippen molar-refractivity contribution in [3.63, 3.8) is 0 Å². The number of benzene rings is 2. The predicted molar refractivity (Wildman–Crippen MR) is 121 cm³/mol. The Morgan fingerprint density at radius 1 is 0.969 bits per heavy atom. The fourth-order valence-electron chi connectivity index (χ4n) is 4.38. The number of nitrogens with zero attached hydrogens (tertiary/aromatic N) is 3. The summed E-state index contributed by atoms with van der Waals surface area (Å²) in [5.41, 5.74) is 3.81. The molecular weight excluding hydrogens is 426 g/mol. The average Bonchev–Trinajstić information content (AvgIpc) is 3.25. The van der Waals surface area contributed by atoms with Crippen molar-refractivity contribution in [2.24, 2.45) is 0 Å².